The zero-order valence-corrected chi connectivity index (χ0v) is 18.9. The molecule has 0 bridgehead atoms. The number of aromatic nitrogens is 4. The van der Waals surface area contributed by atoms with Gasteiger partial charge in [-0.25, -0.2) is 9.37 Å². The van der Waals surface area contributed by atoms with Gasteiger partial charge in [-0.05, 0) is 55.1 Å². The zero-order chi connectivity index (χ0) is 23.1. The Hall–Kier alpha value is -3.91. The third-order valence-electron chi connectivity index (χ3n) is 6.47. The Kier molecular flexibility index (Phi) is 5.15. The first-order valence-corrected chi connectivity index (χ1v) is 11.6. The molecule has 2 N–H and O–H groups in total. The molecule has 1 aliphatic heterocycles. The summed E-state index contributed by atoms with van der Waals surface area (Å²) < 4.78 is 19.8. The van der Waals surface area contributed by atoms with Crippen molar-refractivity contribution in [3.8, 4) is 23.0 Å². The Balaban J connectivity index is 1.31. The molecule has 0 atom stereocenters. The SMILES string of the molecule is CCN1CCN(c2ccc3nc(-c4n[nH]c5ccc(Oc6ccccc6F)cc45)[nH]c3c2)CC1. The lowest BCUT2D eigenvalue weighted by Gasteiger charge is -2.35. The van der Waals surface area contributed by atoms with Crippen LogP contribution in [0.15, 0.2) is 60.7 Å². The van der Waals surface area contributed by atoms with Crippen molar-refractivity contribution in [2.24, 2.45) is 0 Å². The molecule has 0 radical (unpaired) electrons. The quantitative estimate of drug-likeness (QED) is 0.381. The molecule has 1 aliphatic rings. The highest BCUT2D eigenvalue weighted by molar-refractivity contribution is 5.94. The number of aromatic amines is 2. The molecule has 2 aromatic heterocycles. The second kappa shape index (κ2) is 8.46. The van der Waals surface area contributed by atoms with Crippen LogP contribution in [0.5, 0.6) is 11.5 Å². The summed E-state index contributed by atoms with van der Waals surface area (Å²) in [5, 5.41) is 8.40. The monoisotopic (exact) mass is 456 g/mol. The molecule has 8 heteroatoms. The van der Waals surface area contributed by atoms with Crippen molar-refractivity contribution < 1.29 is 9.13 Å². The fourth-order valence-corrected chi connectivity index (χ4v) is 4.52. The van der Waals surface area contributed by atoms with Gasteiger partial charge >= 0.3 is 0 Å². The van der Waals surface area contributed by atoms with Gasteiger partial charge in [0.1, 0.15) is 11.4 Å². The fraction of sp³-hybridized carbons (Fsp3) is 0.231. The lowest BCUT2D eigenvalue weighted by Crippen LogP contribution is -2.46. The van der Waals surface area contributed by atoms with Crippen molar-refractivity contribution in [3.05, 3.63) is 66.5 Å². The molecule has 0 saturated carbocycles. The van der Waals surface area contributed by atoms with Gasteiger partial charge in [0.2, 0.25) is 0 Å². The smallest absolute Gasteiger partial charge is 0.165 e. The second-order valence-electron chi connectivity index (χ2n) is 8.52. The number of ether oxygens (including phenoxy) is 1. The van der Waals surface area contributed by atoms with E-state index in [1.165, 1.54) is 11.8 Å². The summed E-state index contributed by atoms with van der Waals surface area (Å²) in [4.78, 5) is 13.1. The number of hydrogen-bond donors (Lipinski definition) is 2. The van der Waals surface area contributed by atoms with Gasteiger partial charge in [0.25, 0.3) is 0 Å². The third-order valence-corrected chi connectivity index (χ3v) is 6.47. The Bertz CT molecular complexity index is 1470. The number of anilines is 1. The van der Waals surface area contributed by atoms with Gasteiger partial charge in [0.05, 0.1) is 16.6 Å². The van der Waals surface area contributed by atoms with E-state index >= 15 is 0 Å². The number of halogens is 1. The van der Waals surface area contributed by atoms with Crippen molar-refractivity contribution in [3.63, 3.8) is 0 Å². The van der Waals surface area contributed by atoms with Gasteiger partial charge in [-0.1, -0.05) is 19.1 Å². The third kappa shape index (κ3) is 3.76. The highest BCUT2D eigenvalue weighted by Gasteiger charge is 2.18. The molecule has 0 spiro atoms. The number of imidazole rings is 1. The normalized spacial score (nSPS) is 14.8. The van der Waals surface area contributed by atoms with E-state index in [1.807, 2.05) is 12.1 Å². The molecule has 1 fully saturated rings. The standard InChI is InChI=1S/C26H25FN6O/c1-2-32-11-13-33(14-12-32)17-7-9-22-23(15-17)29-26(28-22)25-19-16-18(8-10-21(19)30-31-25)34-24-6-4-3-5-20(24)27/h3-10,15-16H,2,11-14H2,1H3,(H,28,29)(H,30,31). The van der Waals surface area contributed by atoms with Crippen molar-refractivity contribution in [1.82, 2.24) is 25.1 Å². The molecule has 3 aromatic carbocycles. The number of likely N-dealkylation sites (N-methyl/N-ethyl adjacent to an activating group) is 1. The molecule has 3 heterocycles. The maximum Gasteiger partial charge on any atom is 0.165 e. The van der Waals surface area contributed by atoms with E-state index in [2.05, 4.69) is 50.1 Å². The topological polar surface area (TPSA) is 73.1 Å². The number of hydrogen-bond acceptors (Lipinski definition) is 5. The highest BCUT2D eigenvalue weighted by atomic mass is 19.1. The summed E-state index contributed by atoms with van der Waals surface area (Å²) in [6, 6.07) is 18.2. The largest absolute Gasteiger partial charge is 0.454 e. The molecule has 0 unspecified atom stereocenters. The van der Waals surface area contributed by atoms with E-state index in [0.717, 1.165) is 54.7 Å². The van der Waals surface area contributed by atoms with Crippen LogP contribution >= 0.6 is 0 Å². The Morgan fingerprint density at radius 2 is 1.82 bits per heavy atom. The number of nitrogens with zero attached hydrogens (tertiary/aromatic N) is 4. The Morgan fingerprint density at radius 3 is 2.65 bits per heavy atom. The van der Waals surface area contributed by atoms with Crippen LogP contribution in [0, 0.1) is 5.82 Å². The number of fused-ring (bicyclic) bond motifs is 2. The molecule has 6 rings (SSSR count). The second-order valence-corrected chi connectivity index (χ2v) is 8.52. The van der Waals surface area contributed by atoms with E-state index in [0.29, 0.717) is 17.3 Å². The minimum absolute atomic E-state index is 0.183. The average Bonchev–Trinajstić information content (AvgIpc) is 3.48. The fourth-order valence-electron chi connectivity index (χ4n) is 4.52. The number of piperazine rings is 1. The van der Waals surface area contributed by atoms with Crippen LogP contribution in [0.4, 0.5) is 10.1 Å². The van der Waals surface area contributed by atoms with Crippen LogP contribution in [0.1, 0.15) is 6.92 Å². The van der Waals surface area contributed by atoms with Crippen LogP contribution in [0.3, 0.4) is 0 Å². The van der Waals surface area contributed by atoms with Crippen LogP contribution in [-0.4, -0.2) is 57.8 Å². The Morgan fingerprint density at radius 1 is 0.971 bits per heavy atom. The van der Waals surface area contributed by atoms with Crippen molar-refractivity contribution >= 4 is 27.6 Å². The lowest BCUT2D eigenvalue weighted by atomic mass is 10.2. The molecule has 5 aromatic rings. The molecule has 1 saturated heterocycles. The molecule has 0 amide bonds. The molecule has 0 aliphatic carbocycles. The summed E-state index contributed by atoms with van der Waals surface area (Å²) >= 11 is 0. The molecular weight excluding hydrogens is 431 g/mol. The first-order valence-electron chi connectivity index (χ1n) is 11.6. The lowest BCUT2D eigenvalue weighted by molar-refractivity contribution is 0.271. The van der Waals surface area contributed by atoms with Crippen LogP contribution in [0.2, 0.25) is 0 Å². The van der Waals surface area contributed by atoms with Gasteiger partial charge in [-0.15, -0.1) is 0 Å². The molecule has 34 heavy (non-hydrogen) atoms. The summed E-state index contributed by atoms with van der Waals surface area (Å²) in [5.74, 6) is 0.990. The highest BCUT2D eigenvalue weighted by Crippen LogP contribution is 2.32. The van der Waals surface area contributed by atoms with E-state index in [-0.39, 0.29) is 5.75 Å². The van der Waals surface area contributed by atoms with E-state index < -0.39 is 5.82 Å². The minimum atomic E-state index is -0.404. The maximum atomic E-state index is 14.0. The Labute approximate surface area is 196 Å². The van der Waals surface area contributed by atoms with Crippen molar-refractivity contribution in [1.29, 1.82) is 0 Å². The predicted molar refractivity (Wildman–Crippen MR) is 132 cm³/mol. The van der Waals surface area contributed by atoms with E-state index in [9.17, 15) is 4.39 Å². The summed E-state index contributed by atoms with van der Waals surface area (Å²) in [7, 11) is 0. The van der Waals surface area contributed by atoms with E-state index in [1.54, 1.807) is 24.3 Å². The van der Waals surface area contributed by atoms with Crippen LogP contribution in [0.25, 0.3) is 33.5 Å². The summed E-state index contributed by atoms with van der Waals surface area (Å²) in [6.07, 6.45) is 0. The predicted octanol–water partition coefficient (Wildman–Crippen LogP) is 5.18. The van der Waals surface area contributed by atoms with Crippen molar-refractivity contribution in [2.45, 2.75) is 6.92 Å². The number of rotatable bonds is 5. The van der Waals surface area contributed by atoms with Gasteiger partial charge in [-0.3, -0.25) is 5.10 Å². The number of para-hydroxylation sites is 1. The zero-order valence-electron chi connectivity index (χ0n) is 18.9. The van der Waals surface area contributed by atoms with Crippen LogP contribution < -0.4 is 9.64 Å². The first kappa shape index (κ1) is 20.7. The van der Waals surface area contributed by atoms with Gasteiger partial charge < -0.3 is 19.5 Å². The summed E-state index contributed by atoms with van der Waals surface area (Å²) in [6.45, 7) is 7.52. The van der Waals surface area contributed by atoms with E-state index in [4.69, 9.17) is 9.72 Å². The maximum absolute atomic E-state index is 14.0. The number of H-pyrrole nitrogens is 2. The van der Waals surface area contributed by atoms with Gasteiger partial charge in [-0.2, -0.15) is 5.10 Å². The number of nitrogens with one attached hydrogen (secondary N) is 2. The average molecular weight is 457 g/mol. The van der Waals surface area contributed by atoms with Crippen molar-refractivity contribution in [2.75, 3.05) is 37.6 Å². The summed E-state index contributed by atoms with van der Waals surface area (Å²) in [5.41, 5.74) is 4.61. The molecule has 7 nitrogen and oxygen atoms in total. The van der Waals surface area contributed by atoms with Crippen LogP contribution in [-0.2, 0) is 0 Å². The first-order chi connectivity index (χ1) is 16.7. The molecular formula is C26H25FN6O. The molecule has 172 valence electrons. The number of benzene rings is 3. The van der Waals surface area contributed by atoms with Gasteiger partial charge in [0.15, 0.2) is 17.4 Å². The van der Waals surface area contributed by atoms with Gasteiger partial charge in [0, 0.05) is 37.3 Å². The minimum Gasteiger partial charge on any atom is -0.454 e.